The maximum Gasteiger partial charge on any atom is 0.247 e. The Kier molecular flexibility index (Phi) is 15.1. The van der Waals surface area contributed by atoms with E-state index in [0.717, 1.165) is 82.5 Å². The molecule has 14 heteroatoms. The van der Waals surface area contributed by atoms with Crippen LogP contribution in [-0.4, -0.2) is 98.2 Å². The normalized spacial score (nSPS) is 15.1. The van der Waals surface area contributed by atoms with Crippen LogP contribution in [0.4, 0.5) is 0 Å². The highest BCUT2D eigenvalue weighted by molar-refractivity contribution is 7.99. The van der Waals surface area contributed by atoms with Crippen molar-refractivity contribution in [3.8, 4) is 45.9 Å². The number of ether oxygens (including phenoxy) is 2. The van der Waals surface area contributed by atoms with Gasteiger partial charge in [-0.05, 0) is 104 Å². The minimum Gasteiger partial charge on any atom is -0.508 e. The second-order valence-electron chi connectivity index (χ2n) is 14.8. The van der Waals surface area contributed by atoms with Crippen molar-refractivity contribution in [3.63, 3.8) is 0 Å². The average molecular weight is 852 g/mol. The Bertz CT molecular complexity index is 2230. The molecule has 12 nitrogen and oxygen atoms in total. The van der Waals surface area contributed by atoms with Gasteiger partial charge in [-0.3, -0.25) is 0 Å². The molecule has 2 unspecified atom stereocenters. The molecule has 316 valence electrons. The van der Waals surface area contributed by atoms with Crippen LogP contribution in [0.2, 0.25) is 0 Å². The van der Waals surface area contributed by atoms with Crippen LogP contribution >= 0.6 is 23.5 Å². The maximum absolute atomic E-state index is 10.5. The SMILES string of the molecule is CCSC(c1nnc(-c2ccc(OCCCN(C)[N+]3(CCOc4ccc(-c5nnc(C(SCC)c6ccccc6O)o5)cc4)CCCCCC3)cc2)o1)c1ccccc1O. The van der Waals surface area contributed by atoms with Crippen LogP contribution in [0.25, 0.3) is 22.9 Å². The number of hydrogen-bond donors (Lipinski definition) is 2. The van der Waals surface area contributed by atoms with Gasteiger partial charge < -0.3 is 28.5 Å². The zero-order chi connectivity index (χ0) is 41.7. The van der Waals surface area contributed by atoms with Crippen LogP contribution in [0.1, 0.15) is 79.4 Å². The summed E-state index contributed by atoms with van der Waals surface area (Å²) in [7, 11) is 2.23. The van der Waals surface area contributed by atoms with E-state index in [2.05, 4.69) is 46.3 Å². The minimum absolute atomic E-state index is 0.215. The van der Waals surface area contributed by atoms with Crippen LogP contribution in [-0.2, 0) is 0 Å². The topological polar surface area (TPSA) is 140 Å². The van der Waals surface area contributed by atoms with Crippen molar-refractivity contribution < 1.29 is 33.1 Å². The molecule has 2 atom stereocenters. The molecular formula is C46H55N6O6S2+. The first-order valence-electron chi connectivity index (χ1n) is 20.9. The fourth-order valence-electron chi connectivity index (χ4n) is 7.68. The van der Waals surface area contributed by atoms with E-state index in [1.807, 2.05) is 78.9 Å². The quantitative estimate of drug-likeness (QED) is 0.0557. The fourth-order valence-corrected chi connectivity index (χ4v) is 9.58. The van der Waals surface area contributed by atoms with E-state index >= 15 is 0 Å². The molecule has 0 radical (unpaired) electrons. The molecule has 60 heavy (non-hydrogen) atoms. The van der Waals surface area contributed by atoms with Gasteiger partial charge in [-0.15, -0.1) is 43.9 Å². The summed E-state index contributed by atoms with van der Waals surface area (Å²) in [4.78, 5) is 0. The smallest absolute Gasteiger partial charge is 0.247 e. The molecule has 1 fully saturated rings. The van der Waals surface area contributed by atoms with Gasteiger partial charge >= 0.3 is 0 Å². The Balaban J connectivity index is 0.897. The molecule has 2 N–H and O–H groups in total. The molecule has 3 heterocycles. The summed E-state index contributed by atoms with van der Waals surface area (Å²) in [5, 5.41) is 40.3. The summed E-state index contributed by atoms with van der Waals surface area (Å²) >= 11 is 3.27. The van der Waals surface area contributed by atoms with E-state index in [9.17, 15) is 10.2 Å². The van der Waals surface area contributed by atoms with Crippen molar-refractivity contribution in [2.75, 3.05) is 57.9 Å². The van der Waals surface area contributed by atoms with Crippen molar-refractivity contribution in [3.05, 3.63) is 120 Å². The largest absolute Gasteiger partial charge is 0.508 e. The highest BCUT2D eigenvalue weighted by Gasteiger charge is 2.34. The van der Waals surface area contributed by atoms with Gasteiger partial charge in [0.05, 0.1) is 26.2 Å². The molecule has 1 aliphatic rings. The summed E-state index contributed by atoms with van der Waals surface area (Å²) in [6.07, 6.45) is 5.81. The number of aromatic nitrogens is 4. The van der Waals surface area contributed by atoms with Gasteiger partial charge in [0, 0.05) is 29.3 Å². The number of phenols is 2. The molecule has 1 aliphatic heterocycles. The number of para-hydroxylation sites is 2. The highest BCUT2D eigenvalue weighted by Crippen LogP contribution is 2.41. The Morgan fingerprint density at radius 1 is 0.633 bits per heavy atom. The molecule has 7 rings (SSSR count). The van der Waals surface area contributed by atoms with E-state index in [4.69, 9.17) is 18.3 Å². The van der Waals surface area contributed by atoms with Gasteiger partial charge in [0.25, 0.3) is 0 Å². The standard InChI is InChI=1S/C46H54N6O6S2/c1-4-59-41(37-15-8-10-17-39(37)53)45-49-47-43(57-45)33-19-23-35(24-20-33)55-31-14-27-51(3)52(28-12-6-7-13-29-52)30-32-56-36-25-21-34(22-26-36)44-48-50-46(58-44)42(60-5-2)38-16-9-11-18-40(38)54/h8-11,15-26,41-42H,4-7,12-14,27-32H2,1-3H3,(H-,53,54)/p+1. The maximum atomic E-state index is 10.5. The number of phenolic OH excluding ortho intramolecular Hbond substituents is 2. The van der Waals surface area contributed by atoms with E-state index < -0.39 is 0 Å². The molecule has 4 aromatic carbocycles. The number of benzene rings is 4. The minimum atomic E-state index is -0.251. The Hall–Kier alpha value is -5.02. The summed E-state index contributed by atoms with van der Waals surface area (Å²) in [5.41, 5.74) is 3.14. The molecule has 0 bridgehead atoms. The lowest BCUT2D eigenvalue weighted by Gasteiger charge is -2.43. The number of rotatable bonds is 20. The lowest BCUT2D eigenvalue weighted by atomic mass is 10.1. The van der Waals surface area contributed by atoms with E-state index in [0.29, 0.717) is 36.8 Å². The number of quaternary nitrogens is 1. The van der Waals surface area contributed by atoms with Crippen LogP contribution in [0.15, 0.2) is 106 Å². The predicted octanol–water partition coefficient (Wildman–Crippen LogP) is 9.97. The first-order chi connectivity index (χ1) is 29.4. The lowest BCUT2D eigenvalue weighted by Crippen LogP contribution is -2.61. The molecule has 1 saturated heterocycles. The lowest BCUT2D eigenvalue weighted by molar-refractivity contribution is -1.03. The number of aromatic hydroxyl groups is 2. The number of likely N-dealkylation sites (tertiary alicyclic amines) is 1. The van der Waals surface area contributed by atoms with E-state index in [-0.39, 0.29) is 22.0 Å². The Morgan fingerprint density at radius 3 is 1.57 bits per heavy atom. The summed E-state index contributed by atoms with van der Waals surface area (Å²) in [6, 6.07) is 30.1. The number of thioether (sulfide) groups is 2. The van der Waals surface area contributed by atoms with Crippen molar-refractivity contribution >= 4 is 23.5 Å². The summed E-state index contributed by atoms with van der Waals surface area (Å²) in [5.74, 6) is 5.49. The van der Waals surface area contributed by atoms with Gasteiger partial charge in [0.2, 0.25) is 23.6 Å². The second-order valence-corrected chi connectivity index (χ2v) is 17.6. The van der Waals surface area contributed by atoms with Crippen molar-refractivity contribution in [1.82, 2.24) is 25.4 Å². The van der Waals surface area contributed by atoms with Gasteiger partial charge in [-0.2, -0.15) is 5.01 Å². The van der Waals surface area contributed by atoms with Crippen LogP contribution in [0.5, 0.6) is 23.0 Å². The zero-order valence-electron chi connectivity index (χ0n) is 34.6. The highest BCUT2D eigenvalue weighted by atomic mass is 32.2. The van der Waals surface area contributed by atoms with E-state index in [1.54, 1.807) is 41.7 Å². The summed E-state index contributed by atoms with van der Waals surface area (Å²) < 4.78 is 25.7. The molecular weight excluding hydrogens is 797 g/mol. The molecule has 0 amide bonds. The van der Waals surface area contributed by atoms with E-state index in [1.165, 1.54) is 25.7 Å². The van der Waals surface area contributed by atoms with Crippen LogP contribution in [0.3, 0.4) is 0 Å². The van der Waals surface area contributed by atoms with Crippen LogP contribution < -0.4 is 9.47 Å². The average Bonchev–Trinajstić information content (AvgIpc) is 3.91. The molecule has 6 aromatic rings. The predicted molar refractivity (Wildman–Crippen MR) is 237 cm³/mol. The Morgan fingerprint density at radius 2 is 1.10 bits per heavy atom. The van der Waals surface area contributed by atoms with Crippen LogP contribution in [0, 0.1) is 0 Å². The van der Waals surface area contributed by atoms with Crippen molar-refractivity contribution in [1.29, 1.82) is 0 Å². The third kappa shape index (κ3) is 10.6. The molecule has 0 spiro atoms. The first-order valence-corrected chi connectivity index (χ1v) is 23.0. The molecule has 2 aromatic heterocycles. The number of nitrogens with zero attached hydrogens (tertiary/aromatic N) is 6. The molecule has 0 saturated carbocycles. The van der Waals surface area contributed by atoms with Gasteiger partial charge in [-0.25, -0.2) is 4.59 Å². The number of hydrogen-bond acceptors (Lipinski definition) is 13. The zero-order valence-corrected chi connectivity index (χ0v) is 36.2. The molecule has 0 aliphatic carbocycles. The monoisotopic (exact) mass is 851 g/mol. The van der Waals surface area contributed by atoms with Gasteiger partial charge in [0.1, 0.15) is 46.6 Å². The Labute approximate surface area is 360 Å². The van der Waals surface area contributed by atoms with Gasteiger partial charge in [-0.1, -0.05) is 50.2 Å². The van der Waals surface area contributed by atoms with Crippen molar-refractivity contribution in [2.45, 2.75) is 56.5 Å². The third-order valence-corrected chi connectivity index (χ3v) is 13.2. The van der Waals surface area contributed by atoms with Crippen molar-refractivity contribution in [2.24, 2.45) is 0 Å². The van der Waals surface area contributed by atoms with Gasteiger partial charge in [0.15, 0.2) is 0 Å². The fraction of sp³-hybridized carbons (Fsp3) is 0.391. The third-order valence-electron chi connectivity index (χ3n) is 10.9. The summed E-state index contributed by atoms with van der Waals surface area (Å²) in [6.45, 7) is 9.32. The first kappa shape index (κ1) is 43.1. The second kappa shape index (κ2) is 21.0.